The summed E-state index contributed by atoms with van der Waals surface area (Å²) < 4.78 is 34.8. The number of ether oxygens (including phenoxy) is 1. The van der Waals surface area contributed by atoms with Crippen LogP contribution in [0.1, 0.15) is 45.6 Å². The number of rotatable bonds is 17. The maximum absolute atomic E-state index is 14.1. The molecule has 43 heavy (non-hydrogen) atoms. The largest absolute Gasteiger partial charge is 0.494 e. The molecule has 1 N–H and O–H groups in total. The van der Waals surface area contributed by atoms with Crippen molar-refractivity contribution in [3.8, 4) is 5.75 Å². The third-order valence-corrected chi connectivity index (χ3v) is 9.59. The van der Waals surface area contributed by atoms with Gasteiger partial charge in [0, 0.05) is 18.0 Å². The highest BCUT2D eigenvalue weighted by Gasteiger charge is 2.33. The van der Waals surface area contributed by atoms with E-state index in [4.69, 9.17) is 4.74 Å². The average molecular weight is 626 g/mol. The quantitative estimate of drug-likeness (QED) is 0.151. The molecule has 2 amide bonds. The van der Waals surface area contributed by atoms with Crippen molar-refractivity contribution >= 4 is 39.3 Å². The number of nitrogens with one attached hydrogen (secondary N) is 1. The minimum atomic E-state index is -4.13. The minimum Gasteiger partial charge on any atom is -0.494 e. The predicted molar refractivity (Wildman–Crippen MR) is 174 cm³/mol. The molecule has 0 bridgehead atoms. The van der Waals surface area contributed by atoms with Gasteiger partial charge in [0.15, 0.2) is 0 Å². The lowest BCUT2D eigenvalue weighted by molar-refractivity contribution is -0.139. The highest BCUT2D eigenvalue weighted by atomic mass is 32.2. The Hall–Kier alpha value is -3.50. The lowest BCUT2D eigenvalue weighted by Gasteiger charge is -2.33. The average Bonchev–Trinajstić information content (AvgIpc) is 3.03. The zero-order valence-electron chi connectivity index (χ0n) is 25.5. The number of sulfonamides is 1. The molecule has 0 aromatic heterocycles. The molecule has 0 aliphatic heterocycles. The highest BCUT2D eigenvalue weighted by molar-refractivity contribution is 7.98. The van der Waals surface area contributed by atoms with Crippen molar-refractivity contribution in [3.63, 3.8) is 0 Å². The molecular formula is C33H43N3O5S2. The molecule has 1 atom stereocenters. The van der Waals surface area contributed by atoms with Crippen LogP contribution in [0, 0.1) is 0 Å². The number of thioether (sulfide) groups is 1. The van der Waals surface area contributed by atoms with E-state index in [0.717, 1.165) is 27.6 Å². The van der Waals surface area contributed by atoms with Crippen LogP contribution in [0.15, 0.2) is 88.7 Å². The molecule has 0 saturated heterocycles. The molecule has 3 aromatic rings. The first-order chi connectivity index (χ1) is 20.7. The molecule has 3 aromatic carbocycles. The Balaban J connectivity index is 2.00. The molecule has 0 heterocycles. The zero-order valence-corrected chi connectivity index (χ0v) is 27.1. The SMILES string of the molecule is CCCCNC(=O)[C@H](CC)N(CCc1ccccc1)C(=O)CN(c1ccc(OCC)cc1)S(=O)(=O)c1ccc(SC)cc1. The van der Waals surface area contributed by atoms with Crippen molar-refractivity contribution in [2.24, 2.45) is 0 Å². The number of amides is 2. The van der Waals surface area contributed by atoms with Gasteiger partial charge in [-0.1, -0.05) is 50.6 Å². The van der Waals surface area contributed by atoms with Crippen molar-refractivity contribution in [1.82, 2.24) is 10.2 Å². The van der Waals surface area contributed by atoms with Crippen LogP contribution >= 0.6 is 11.8 Å². The van der Waals surface area contributed by atoms with Gasteiger partial charge in [0.2, 0.25) is 11.8 Å². The number of anilines is 1. The Morgan fingerprint density at radius 2 is 1.60 bits per heavy atom. The van der Waals surface area contributed by atoms with Gasteiger partial charge >= 0.3 is 0 Å². The molecule has 0 radical (unpaired) electrons. The maximum atomic E-state index is 14.1. The Bertz CT molecular complexity index is 1400. The van der Waals surface area contributed by atoms with Gasteiger partial charge in [0.25, 0.3) is 10.0 Å². The van der Waals surface area contributed by atoms with E-state index in [-0.39, 0.29) is 17.3 Å². The van der Waals surface area contributed by atoms with Crippen molar-refractivity contribution in [2.75, 3.05) is 36.8 Å². The second-order valence-corrected chi connectivity index (χ2v) is 12.7. The number of unbranched alkanes of at least 4 members (excludes halogenated alkanes) is 1. The van der Waals surface area contributed by atoms with Crippen LogP contribution in [-0.4, -0.2) is 63.7 Å². The van der Waals surface area contributed by atoms with Crippen LogP contribution < -0.4 is 14.4 Å². The second kappa shape index (κ2) is 17.0. The normalized spacial score (nSPS) is 11.9. The Morgan fingerprint density at radius 3 is 2.19 bits per heavy atom. The zero-order chi connectivity index (χ0) is 31.2. The van der Waals surface area contributed by atoms with Gasteiger partial charge in [0.1, 0.15) is 18.3 Å². The number of nitrogens with zero attached hydrogens (tertiary/aromatic N) is 2. The van der Waals surface area contributed by atoms with Crippen molar-refractivity contribution < 1.29 is 22.7 Å². The van der Waals surface area contributed by atoms with Crippen LogP contribution in [0.25, 0.3) is 0 Å². The fourth-order valence-electron chi connectivity index (χ4n) is 4.68. The lowest BCUT2D eigenvalue weighted by Crippen LogP contribution is -2.53. The predicted octanol–water partition coefficient (Wildman–Crippen LogP) is 5.77. The topological polar surface area (TPSA) is 96.0 Å². The minimum absolute atomic E-state index is 0.0761. The Morgan fingerprint density at radius 1 is 0.930 bits per heavy atom. The molecule has 3 rings (SSSR count). The fraction of sp³-hybridized carbons (Fsp3) is 0.394. The molecule has 0 unspecified atom stereocenters. The van der Waals surface area contributed by atoms with Crippen LogP contribution in [0.2, 0.25) is 0 Å². The van der Waals surface area contributed by atoms with E-state index in [1.54, 1.807) is 48.5 Å². The smallest absolute Gasteiger partial charge is 0.264 e. The summed E-state index contributed by atoms with van der Waals surface area (Å²) in [5.41, 5.74) is 1.35. The van der Waals surface area contributed by atoms with E-state index in [2.05, 4.69) is 5.32 Å². The summed E-state index contributed by atoms with van der Waals surface area (Å²) in [5.74, 6) is -0.0920. The van der Waals surface area contributed by atoms with Crippen molar-refractivity contribution in [1.29, 1.82) is 0 Å². The summed E-state index contributed by atoms with van der Waals surface area (Å²) >= 11 is 1.51. The van der Waals surface area contributed by atoms with Gasteiger partial charge in [-0.25, -0.2) is 8.42 Å². The van der Waals surface area contributed by atoms with Crippen molar-refractivity contribution in [3.05, 3.63) is 84.4 Å². The molecule has 0 saturated carbocycles. The van der Waals surface area contributed by atoms with E-state index in [9.17, 15) is 18.0 Å². The summed E-state index contributed by atoms with van der Waals surface area (Å²) in [5, 5.41) is 2.96. The first-order valence-electron chi connectivity index (χ1n) is 14.8. The van der Waals surface area contributed by atoms with Crippen LogP contribution in [0.3, 0.4) is 0 Å². The number of benzene rings is 3. The van der Waals surface area contributed by atoms with Gasteiger partial charge in [-0.05, 0) is 86.5 Å². The fourth-order valence-corrected chi connectivity index (χ4v) is 6.50. The second-order valence-electron chi connectivity index (χ2n) is 10.0. The number of carbonyl (C=O) groups excluding carboxylic acids is 2. The number of hydrogen-bond donors (Lipinski definition) is 1. The maximum Gasteiger partial charge on any atom is 0.264 e. The van der Waals surface area contributed by atoms with E-state index >= 15 is 0 Å². The van der Waals surface area contributed by atoms with Gasteiger partial charge in [-0.3, -0.25) is 13.9 Å². The van der Waals surface area contributed by atoms with E-state index in [0.29, 0.717) is 37.4 Å². The highest BCUT2D eigenvalue weighted by Crippen LogP contribution is 2.28. The molecule has 0 aliphatic carbocycles. The molecule has 8 nitrogen and oxygen atoms in total. The van der Waals surface area contributed by atoms with Gasteiger partial charge < -0.3 is 15.0 Å². The third kappa shape index (κ3) is 9.49. The Labute approximate surface area is 260 Å². The molecule has 0 spiro atoms. The summed E-state index contributed by atoms with van der Waals surface area (Å²) in [4.78, 5) is 30.0. The van der Waals surface area contributed by atoms with Crippen LogP contribution in [-0.2, 0) is 26.0 Å². The molecule has 0 aliphatic rings. The molecule has 0 fully saturated rings. The standard InChI is InChI=1S/C33H43N3O5S2/c1-5-8-23-34-33(38)31(6-2)35(24-22-26-12-10-9-11-13-26)32(37)25-36(27-14-16-28(17-15-27)41-7-3)43(39,40)30-20-18-29(42-4)19-21-30/h9-21,31H,5-8,22-25H2,1-4H3,(H,34,38)/t31-/m0/s1. The monoisotopic (exact) mass is 625 g/mol. The van der Waals surface area contributed by atoms with Gasteiger partial charge in [0.05, 0.1) is 17.2 Å². The lowest BCUT2D eigenvalue weighted by atomic mass is 10.1. The van der Waals surface area contributed by atoms with Crippen molar-refractivity contribution in [2.45, 2.75) is 62.3 Å². The summed E-state index contributed by atoms with van der Waals surface area (Å²) in [7, 11) is -4.13. The number of carbonyl (C=O) groups is 2. The van der Waals surface area contributed by atoms with Crippen LogP contribution in [0.4, 0.5) is 5.69 Å². The van der Waals surface area contributed by atoms with E-state index in [1.165, 1.54) is 16.7 Å². The molecular weight excluding hydrogens is 583 g/mol. The van der Waals surface area contributed by atoms with Crippen LogP contribution in [0.5, 0.6) is 5.75 Å². The van der Waals surface area contributed by atoms with E-state index in [1.807, 2.05) is 57.4 Å². The molecule has 232 valence electrons. The number of hydrogen-bond acceptors (Lipinski definition) is 6. The summed E-state index contributed by atoms with van der Waals surface area (Å²) in [6.07, 6.45) is 4.60. The van der Waals surface area contributed by atoms with E-state index < -0.39 is 28.5 Å². The molecule has 10 heteroatoms. The summed E-state index contributed by atoms with van der Waals surface area (Å²) in [6.45, 7) is 6.57. The van der Waals surface area contributed by atoms with Gasteiger partial charge in [-0.2, -0.15) is 0 Å². The Kier molecular flexibility index (Phi) is 13.4. The van der Waals surface area contributed by atoms with Gasteiger partial charge in [-0.15, -0.1) is 11.8 Å². The third-order valence-electron chi connectivity index (χ3n) is 7.06. The first kappa shape index (κ1) is 34.0. The first-order valence-corrected chi connectivity index (χ1v) is 17.4. The summed E-state index contributed by atoms with van der Waals surface area (Å²) in [6, 6.07) is 22.2.